The predicted octanol–water partition coefficient (Wildman–Crippen LogP) is 0.0113. The number of carboxylic acids is 1. The molecule has 0 saturated heterocycles. The van der Waals surface area contributed by atoms with E-state index in [4.69, 9.17) is 5.11 Å². The number of nitrogens with one attached hydrogen (secondary N) is 1. The molecule has 0 aromatic carbocycles. The van der Waals surface area contributed by atoms with Gasteiger partial charge in [0.05, 0.1) is 0 Å². The van der Waals surface area contributed by atoms with E-state index in [1.807, 2.05) is 0 Å². The molecule has 1 rings (SSSR count). The molecule has 1 aromatic heterocycles. The highest BCUT2D eigenvalue weighted by atomic mass is 16.4. The summed E-state index contributed by atoms with van der Waals surface area (Å²) in [5, 5.41) is 24.0. The summed E-state index contributed by atoms with van der Waals surface area (Å²) in [4.78, 5) is 14.1. The molecule has 0 bridgehead atoms. The summed E-state index contributed by atoms with van der Waals surface area (Å²) in [6, 6.07) is 0. The molecule has 6 heteroatoms. The highest BCUT2D eigenvalue weighted by molar-refractivity contribution is 5.66. The molecule has 0 aliphatic rings. The maximum Gasteiger partial charge on any atom is 0.303 e. The molecule has 0 spiro atoms. The van der Waals surface area contributed by atoms with Crippen LogP contribution in [0.3, 0.4) is 0 Å². The lowest BCUT2D eigenvalue weighted by atomic mass is 10.2. The number of carbonyl (C=O) groups is 1. The van der Waals surface area contributed by atoms with Crippen molar-refractivity contribution in [3.63, 3.8) is 0 Å². The van der Waals surface area contributed by atoms with E-state index in [1.165, 1.54) is 0 Å². The molecular weight excluding hydrogens is 174 g/mol. The normalized spacial score (nSPS) is 12.8. The van der Waals surface area contributed by atoms with Crippen molar-refractivity contribution in [2.75, 3.05) is 0 Å². The zero-order valence-corrected chi connectivity index (χ0v) is 7.19. The number of aliphatic hydroxyl groups excluding tert-OH is 1. The molecule has 6 nitrogen and oxygen atoms in total. The van der Waals surface area contributed by atoms with Crippen LogP contribution < -0.4 is 0 Å². The summed E-state index contributed by atoms with van der Waals surface area (Å²) in [5.74, 6) is -0.0885. The number of aliphatic hydroxyl groups is 1. The molecule has 1 atom stereocenters. The first kappa shape index (κ1) is 9.66. The monoisotopic (exact) mass is 185 g/mol. The van der Waals surface area contributed by atoms with Gasteiger partial charge in [-0.25, -0.2) is 4.98 Å². The van der Waals surface area contributed by atoms with E-state index in [2.05, 4.69) is 15.2 Å². The Labute approximate surface area is 74.6 Å². The van der Waals surface area contributed by atoms with Crippen LogP contribution in [-0.4, -0.2) is 31.4 Å². The summed E-state index contributed by atoms with van der Waals surface area (Å²) in [6.07, 6.45) is -0.859. The van der Waals surface area contributed by atoms with Crippen molar-refractivity contribution in [1.82, 2.24) is 15.2 Å². The lowest BCUT2D eigenvalue weighted by molar-refractivity contribution is -0.137. The number of aromatic nitrogens is 3. The molecule has 0 saturated carbocycles. The van der Waals surface area contributed by atoms with Crippen LogP contribution >= 0.6 is 0 Å². The Morgan fingerprint density at radius 3 is 2.85 bits per heavy atom. The average molecular weight is 185 g/mol. The molecule has 0 aliphatic carbocycles. The number of aromatic amines is 1. The highest BCUT2D eigenvalue weighted by Crippen LogP contribution is 2.13. The predicted molar refractivity (Wildman–Crippen MR) is 42.9 cm³/mol. The molecule has 72 valence electrons. The van der Waals surface area contributed by atoms with E-state index in [9.17, 15) is 9.90 Å². The topological polar surface area (TPSA) is 99.1 Å². The van der Waals surface area contributed by atoms with Crippen LogP contribution in [0.15, 0.2) is 0 Å². The second kappa shape index (κ2) is 3.99. The Morgan fingerprint density at radius 1 is 1.69 bits per heavy atom. The zero-order valence-electron chi connectivity index (χ0n) is 7.19. The van der Waals surface area contributed by atoms with Gasteiger partial charge in [-0.05, 0) is 13.3 Å². The average Bonchev–Trinajstić information content (AvgIpc) is 2.47. The van der Waals surface area contributed by atoms with Crippen LogP contribution in [-0.2, 0) is 4.79 Å². The molecule has 0 amide bonds. The van der Waals surface area contributed by atoms with Gasteiger partial charge in [0.2, 0.25) is 0 Å². The van der Waals surface area contributed by atoms with Crippen LogP contribution in [0, 0.1) is 6.92 Å². The van der Waals surface area contributed by atoms with Crippen LogP contribution in [0.5, 0.6) is 0 Å². The number of hydrogen-bond acceptors (Lipinski definition) is 4. The van der Waals surface area contributed by atoms with Crippen LogP contribution in [0.25, 0.3) is 0 Å². The Balaban J connectivity index is 2.48. The third-order valence-electron chi connectivity index (χ3n) is 1.54. The van der Waals surface area contributed by atoms with Gasteiger partial charge in [0.15, 0.2) is 5.82 Å². The standard InChI is InChI=1S/C7H11N3O3/c1-4-8-7(10-9-4)5(11)2-3-6(12)13/h5,11H,2-3H2,1H3,(H,12,13)(H,8,9,10). The van der Waals surface area contributed by atoms with Crippen molar-refractivity contribution in [2.24, 2.45) is 0 Å². The lowest BCUT2D eigenvalue weighted by Crippen LogP contribution is -2.04. The molecule has 1 aromatic rings. The van der Waals surface area contributed by atoms with Crippen molar-refractivity contribution in [1.29, 1.82) is 0 Å². The second-order valence-corrected chi connectivity index (χ2v) is 2.73. The van der Waals surface area contributed by atoms with Crippen LogP contribution in [0.4, 0.5) is 0 Å². The quantitative estimate of drug-likeness (QED) is 0.613. The van der Waals surface area contributed by atoms with Crippen LogP contribution in [0.1, 0.15) is 30.6 Å². The molecule has 0 fully saturated rings. The number of carboxylic acid groups (broad SMARTS) is 1. The minimum atomic E-state index is -0.939. The first-order chi connectivity index (χ1) is 6.09. The van der Waals surface area contributed by atoms with E-state index in [0.29, 0.717) is 5.82 Å². The molecule has 0 radical (unpaired) electrons. The van der Waals surface area contributed by atoms with Gasteiger partial charge in [-0.1, -0.05) is 0 Å². The third-order valence-corrected chi connectivity index (χ3v) is 1.54. The fourth-order valence-corrected chi connectivity index (χ4v) is 0.898. The van der Waals surface area contributed by atoms with Crippen molar-refractivity contribution in [3.8, 4) is 0 Å². The van der Waals surface area contributed by atoms with Crippen molar-refractivity contribution >= 4 is 5.97 Å². The van der Waals surface area contributed by atoms with Crippen LogP contribution in [0.2, 0.25) is 0 Å². The maximum atomic E-state index is 10.2. The van der Waals surface area contributed by atoms with Gasteiger partial charge >= 0.3 is 5.97 Å². The Bertz CT molecular complexity index is 297. The number of aryl methyl sites for hydroxylation is 1. The maximum absolute atomic E-state index is 10.2. The number of rotatable bonds is 4. The smallest absolute Gasteiger partial charge is 0.303 e. The Hall–Kier alpha value is -1.43. The lowest BCUT2D eigenvalue weighted by Gasteiger charge is -2.02. The summed E-state index contributed by atoms with van der Waals surface area (Å²) in [5.41, 5.74) is 0. The van der Waals surface area contributed by atoms with E-state index in [0.717, 1.165) is 0 Å². The number of aliphatic carboxylic acids is 1. The Kier molecular flexibility index (Phi) is 2.97. The number of H-pyrrole nitrogens is 1. The number of hydrogen-bond donors (Lipinski definition) is 3. The fraction of sp³-hybridized carbons (Fsp3) is 0.571. The molecule has 1 heterocycles. The molecule has 13 heavy (non-hydrogen) atoms. The van der Waals surface area contributed by atoms with Gasteiger partial charge < -0.3 is 10.2 Å². The van der Waals surface area contributed by atoms with Crippen molar-refractivity contribution < 1.29 is 15.0 Å². The number of nitrogens with zero attached hydrogens (tertiary/aromatic N) is 2. The van der Waals surface area contributed by atoms with E-state index < -0.39 is 12.1 Å². The summed E-state index contributed by atoms with van der Waals surface area (Å²) in [7, 11) is 0. The molecule has 3 N–H and O–H groups in total. The van der Waals surface area contributed by atoms with Gasteiger partial charge in [-0.15, -0.1) is 0 Å². The second-order valence-electron chi connectivity index (χ2n) is 2.73. The largest absolute Gasteiger partial charge is 0.481 e. The van der Waals surface area contributed by atoms with Gasteiger partial charge in [0, 0.05) is 6.42 Å². The Morgan fingerprint density at radius 2 is 2.38 bits per heavy atom. The van der Waals surface area contributed by atoms with E-state index >= 15 is 0 Å². The fourth-order valence-electron chi connectivity index (χ4n) is 0.898. The SMILES string of the molecule is Cc1nc(C(O)CCC(=O)O)n[nH]1. The first-order valence-corrected chi connectivity index (χ1v) is 3.88. The minimum Gasteiger partial charge on any atom is -0.481 e. The van der Waals surface area contributed by atoms with Crippen molar-refractivity contribution in [2.45, 2.75) is 25.9 Å². The summed E-state index contributed by atoms with van der Waals surface area (Å²) >= 11 is 0. The molecular formula is C7H11N3O3. The van der Waals surface area contributed by atoms with E-state index in [1.54, 1.807) is 6.92 Å². The van der Waals surface area contributed by atoms with Gasteiger partial charge in [-0.2, -0.15) is 5.10 Å². The zero-order chi connectivity index (χ0) is 9.84. The third kappa shape index (κ3) is 2.83. The highest BCUT2D eigenvalue weighted by Gasteiger charge is 2.13. The summed E-state index contributed by atoms with van der Waals surface area (Å²) < 4.78 is 0. The van der Waals surface area contributed by atoms with Gasteiger partial charge in [0.25, 0.3) is 0 Å². The van der Waals surface area contributed by atoms with Gasteiger partial charge in [0.1, 0.15) is 11.9 Å². The van der Waals surface area contributed by atoms with Crippen molar-refractivity contribution in [3.05, 3.63) is 11.6 Å². The minimum absolute atomic E-state index is 0.0885. The molecule has 1 unspecified atom stereocenters. The van der Waals surface area contributed by atoms with E-state index in [-0.39, 0.29) is 18.7 Å². The first-order valence-electron chi connectivity index (χ1n) is 3.88. The molecule has 0 aliphatic heterocycles. The summed E-state index contributed by atoms with van der Waals surface area (Å²) in [6.45, 7) is 1.71. The van der Waals surface area contributed by atoms with Gasteiger partial charge in [-0.3, -0.25) is 9.89 Å².